The van der Waals surface area contributed by atoms with E-state index in [0.29, 0.717) is 6.04 Å². The molecule has 4 rings (SSSR count). The second-order valence-electron chi connectivity index (χ2n) is 11.0. The minimum atomic E-state index is -0.199. The minimum Gasteiger partial charge on any atom is -0.300 e. The van der Waals surface area contributed by atoms with Crippen molar-refractivity contribution in [2.75, 3.05) is 13.1 Å². The van der Waals surface area contributed by atoms with Crippen LogP contribution < -0.4 is 0 Å². The molecular formula is C32H45Cl2N. The lowest BCUT2D eigenvalue weighted by atomic mass is 9.81. The molecule has 2 fully saturated rings. The zero-order chi connectivity index (χ0) is 24.7. The molecule has 0 N–H and O–H groups in total. The molecule has 2 aromatic rings. The summed E-state index contributed by atoms with van der Waals surface area (Å²) in [5, 5.41) is 0. The lowest BCUT2D eigenvalue weighted by Gasteiger charge is -2.34. The van der Waals surface area contributed by atoms with Gasteiger partial charge in [-0.25, -0.2) is 0 Å². The average Bonchev–Trinajstić information content (AvgIpc) is 3.53. The summed E-state index contributed by atoms with van der Waals surface area (Å²) in [5.41, 5.74) is 5.70. The van der Waals surface area contributed by atoms with Gasteiger partial charge in [0, 0.05) is 12.6 Å². The molecular weight excluding hydrogens is 469 g/mol. The molecule has 0 aliphatic heterocycles. The van der Waals surface area contributed by atoms with Gasteiger partial charge in [-0.3, -0.25) is 0 Å². The van der Waals surface area contributed by atoms with Crippen LogP contribution in [-0.4, -0.2) is 24.0 Å². The van der Waals surface area contributed by atoms with Gasteiger partial charge in [0.2, 0.25) is 0 Å². The van der Waals surface area contributed by atoms with Crippen molar-refractivity contribution in [3.05, 3.63) is 70.8 Å². The monoisotopic (exact) mass is 513 g/mol. The number of alkyl halides is 2. The number of hydrogen-bond acceptors (Lipinski definition) is 1. The van der Waals surface area contributed by atoms with Crippen LogP contribution in [0.4, 0.5) is 0 Å². The molecule has 1 nitrogen and oxygen atoms in total. The Hall–Kier alpha value is -1.02. The van der Waals surface area contributed by atoms with Gasteiger partial charge < -0.3 is 4.90 Å². The summed E-state index contributed by atoms with van der Waals surface area (Å²) in [6, 6.07) is 18.4. The van der Waals surface area contributed by atoms with Crippen molar-refractivity contribution in [1.82, 2.24) is 4.90 Å². The third-order valence-corrected chi connectivity index (χ3v) is 9.85. The third-order valence-electron chi connectivity index (χ3n) is 8.69. The van der Waals surface area contributed by atoms with Gasteiger partial charge in [0.25, 0.3) is 0 Å². The lowest BCUT2D eigenvalue weighted by Crippen LogP contribution is -2.37. The molecule has 2 aliphatic rings. The van der Waals surface area contributed by atoms with E-state index >= 15 is 0 Å². The molecule has 0 spiro atoms. The molecule has 0 aromatic heterocycles. The van der Waals surface area contributed by atoms with E-state index in [9.17, 15) is 0 Å². The smallest absolute Gasteiger partial charge is 0.0697 e. The lowest BCUT2D eigenvalue weighted by molar-refractivity contribution is 0.183. The van der Waals surface area contributed by atoms with Gasteiger partial charge in [0.15, 0.2) is 0 Å². The van der Waals surface area contributed by atoms with Crippen LogP contribution in [0.15, 0.2) is 48.5 Å². The summed E-state index contributed by atoms with van der Waals surface area (Å²) in [5.74, 6) is 0. The first kappa shape index (κ1) is 27.0. The fraction of sp³-hybridized carbons (Fsp3) is 0.625. The van der Waals surface area contributed by atoms with Crippen LogP contribution in [0.2, 0.25) is 0 Å². The molecule has 0 bridgehead atoms. The van der Waals surface area contributed by atoms with E-state index in [-0.39, 0.29) is 9.75 Å². The Kier molecular flexibility index (Phi) is 9.64. The maximum Gasteiger partial charge on any atom is 0.0697 e. The van der Waals surface area contributed by atoms with Gasteiger partial charge in [-0.05, 0) is 86.6 Å². The fourth-order valence-corrected chi connectivity index (χ4v) is 7.63. The number of nitrogens with zero attached hydrogens (tertiary/aromatic N) is 1. The number of rotatable bonds is 12. The highest BCUT2D eigenvalue weighted by atomic mass is 35.5. The van der Waals surface area contributed by atoms with Crippen molar-refractivity contribution >= 4 is 23.2 Å². The van der Waals surface area contributed by atoms with Crippen molar-refractivity contribution in [2.45, 2.75) is 113 Å². The van der Waals surface area contributed by atoms with Gasteiger partial charge >= 0.3 is 0 Å². The molecule has 2 saturated carbocycles. The average molecular weight is 515 g/mol. The molecule has 0 amide bonds. The largest absolute Gasteiger partial charge is 0.300 e. The Balaban J connectivity index is 1.57. The van der Waals surface area contributed by atoms with Gasteiger partial charge in [0.1, 0.15) is 0 Å². The second-order valence-corrected chi connectivity index (χ2v) is 12.5. The van der Waals surface area contributed by atoms with E-state index in [1.165, 1.54) is 73.7 Å². The van der Waals surface area contributed by atoms with Crippen LogP contribution in [0.1, 0.15) is 107 Å². The zero-order valence-corrected chi connectivity index (χ0v) is 23.5. The summed E-state index contributed by atoms with van der Waals surface area (Å²) >= 11 is 14.7. The SMILES string of the molecule is CCCN(CCc1ccccc1)C(CC)CCc1c(C2(Cl)CCCC2)cccc1C1(Cl)CCCC1. The maximum atomic E-state index is 7.35. The molecule has 192 valence electrons. The molecule has 1 atom stereocenters. The van der Waals surface area contributed by atoms with Crippen LogP contribution in [-0.2, 0) is 22.6 Å². The van der Waals surface area contributed by atoms with Crippen molar-refractivity contribution < 1.29 is 0 Å². The fourth-order valence-electron chi connectivity index (χ4n) is 6.74. The highest BCUT2D eigenvalue weighted by molar-refractivity contribution is 6.25. The Bertz CT molecular complexity index is 872. The van der Waals surface area contributed by atoms with Gasteiger partial charge in [-0.2, -0.15) is 0 Å². The molecule has 0 radical (unpaired) electrons. The van der Waals surface area contributed by atoms with Crippen molar-refractivity contribution in [3.63, 3.8) is 0 Å². The van der Waals surface area contributed by atoms with Crippen molar-refractivity contribution in [3.8, 4) is 0 Å². The van der Waals surface area contributed by atoms with Crippen LogP contribution in [0.3, 0.4) is 0 Å². The van der Waals surface area contributed by atoms with E-state index in [0.717, 1.165) is 45.1 Å². The molecule has 2 aromatic carbocycles. The first-order valence-corrected chi connectivity index (χ1v) is 15.0. The van der Waals surface area contributed by atoms with Crippen LogP contribution in [0.5, 0.6) is 0 Å². The molecule has 0 heterocycles. The highest BCUT2D eigenvalue weighted by Gasteiger charge is 2.40. The first-order chi connectivity index (χ1) is 17.0. The Morgan fingerprint density at radius 1 is 0.743 bits per heavy atom. The van der Waals surface area contributed by atoms with E-state index in [1.807, 2.05) is 0 Å². The van der Waals surface area contributed by atoms with Crippen molar-refractivity contribution in [1.29, 1.82) is 0 Å². The van der Waals surface area contributed by atoms with E-state index in [4.69, 9.17) is 23.2 Å². The predicted molar refractivity (Wildman–Crippen MR) is 153 cm³/mol. The Morgan fingerprint density at radius 2 is 1.31 bits per heavy atom. The topological polar surface area (TPSA) is 3.24 Å². The highest BCUT2D eigenvalue weighted by Crippen LogP contribution is 2.51. The van der Waals surface area contributed by atoms with Gasteiger partial charge in [0.05, 0.1) is 9.75 Å². The van der Waals surface area contributed by atoms with Crippen LogP contribution >= 0.6 is 23.2 Å². The van der Waals surface area contributed by atoms with Crippen LogP contribution in [0.25, 0.3) is 0 Å². The second kappa shape index (κ2) is 12.5. The first-order valence-electron chi connectivity index (χ1n) is 14.3. The normalized spacial score (nSPS) is 19.9. The Morgan fingerprint density at radius 3 is 1.83 bits per heavy atom. The van der Waals surface area contributed by atoms with Crippen LogP contribution in [0, 0.1) is 0 Å². The maximum absolute atomic E-state index is 7.35. The molecule has 0 saturated heterocycles. The standard InChI is InChI=1S/C32H45Cl2N/c1-3-24-35(25-19-26-13-6-5-7-14-26)27(4-2)17-18-28-29(31(33)20-8-9-21-31)15-12-16-30(28)32(34)22-10-11-23-32/h5-7,12-16,27H,3-4,8-11,17-25H2,1-2H3. The summed E-state index contributed by atoms with van der Waals surface area (Å²) in [6.45, 7) is 6.97. The number of benzene rings is 2. The van der Waals surface area contributed by atoms with Gasteiger partial charge in [-0.15, -0.1) is 23.2 Å². The summed E-state index contributed by atoms with van der Waals surface area (Å²) in [6.07, 6.45) is 15.1. The van der Waals surface area contributed by atoms with Crippen molar-refractivity contribution in [2.24, 2.45) is 0 Å². The summed E-state index contributed by atoms with van der Waals surface area (Å²) < 4.78 is 0. The quantitative estimate of drug-likeness (QED) is 0.255. The third kappa shape index (κ3) is 6.46. The zero-order valence-electron chi connectivity index (χ0n) is 22.0. The predicted octanol–water partition coefficient (Wildman–Crippen LogP) is 9.37. The summed E-state index contributed by atoms with van der Waals surface area (Å²) in [7, 11) is 0. The van der Waals surface area contributed by atoms with E-state index in [2.05, 4.69) is 67.3 Å². The number of halogens is 2. The molecule has 1 unspecified atom stereocenters. The summed E-state index contributed by atoms with van der Waals surface area (Å²) in [4.78, 5) is 2.35. The molecule has 3 heteroatoms. The van der Waals surface area contributed by atoms with Gasteiger partial charge in [-0.1, -0.05) is 88.1 Å². The minimum absolute atomic E-state index is 0.199. The van der Waals surface area contributed by atoms with E-state index < -0.39 is 0 Å². The molecule has 2 aliphatic carbocycles. The molecule has 35 heavy (non-hydrogen) atoms. The number of hydrogen-bond donors (Lipinski definition) is 0. The Labute approximate surface area is 224 Å². The van der Waals surface area contributed by atoms with E-state index in [1.54, 1.807) is 0 Å².